The molecule has 1 aromatic rings. The predicted octanol–water partition coefficient (Wildman–Crippen LogP) is 2.59. The van der Waals surface area contributed by atoms with Crippen molar-refractivity contribution in [1.82, 2.24) is 4.67 Å². The molecule has 0 atom stereocenters. The van der Waals surface area contributed by atoms with Gasteiger partial charge in [-0.1, -0.05) is 19.1 Å². The summed E-state index contributed by atoms with van der Waals surface area (Å²) >= 11 is 0. The Morgan fingerprint density at radius 2 is 1.93 bits per heavy atom. The molecule has 2 N–H and O–H groups in total. The Bertz CT molecular complexity index is 344. The Hall–Kier alpha value is -0.920. The molecule has 1 saturated heterocycles. The van der Waals surface area contributed by atoms with Gasteiger partial charge in [0.05, 0.1) is 8.52 Å². The molecule has 0 bridgehead atoms. The summed E-state index contributed by atoms with van der Waals surface area (Å²) in [4.78, 5) is 0. The molecule has 3 nitrogen and oxygen atoms in total. The van der Waals surface area contributed by atoms with E-state index in [1.807, 2.05) is 12.1 Å². The molecule has 4 heteroatoms. The van der Waals surface area contributed by atoms with E-state index in [1.165, 1.54) is 5.56 Å². The third-order valence-electron chi connectivity index (χ3n) is 2.77. The Balaban J connectivity index is 2.16. The number of hydrogen-bond donors (Lipinski definition) is 2. The Labute approximate surface area is 85.1 Å². The average molecular weight is 208 g/mol. The average Bonchev–Trinajstić information content (AvgIpc) is 2.14. The zero-order valence-electron chi connectivity index (χ0n) is 8.07. The highest BCUT2D eigenvalue weighted by Gasteiger charge is 2.39. The molecule has 0 amide bonds. The number of rotatable bonds is 2. The van der Waals surface area contributed by atoms with Crippen LogP contribution in [0.25, 0.3) is 0 Å². The molecule has 0 aliphatic carbocycles. The summed E-state index contributed by atoms with van der Waals surface area (Å²) in [6.45, 7) is 4.06. The lowest BCUT2D eigenvalue weighted by Gasteiger charge is -2.45. The van der Waals surface area contributed by atoms with Gasteiger partial charge in [-0.15, -0.1) is 0 Å². The molecule has 2 rings (SSSR count). The van der Waals surface area contributed by atoms with Crippen LogP contribution in [0, 0.1) is 5.16 Å². The van der Waals surface area contributed by atoms with Gasteiger partial charge in [0.25, 0.3) is 0 Å². The normalized spacial score (nSPS) is 20.6. The molecule has 1 heterocycles. The van der Waals surface area contributed by atoms with Crippen molar-refractivity contribution in [3.05, 3.63) is 29.8 Å². The highest BCUT2D eigenvalue weighted by atomic mass is 31.1. The summed E-state index contributed by atoms with van der Waals surface area (Å²) in [5.74, 6) is 0.312. The SMILES string of the molecule is CC1(c2ccc(O)cc2)CN(P=N)C1. The third-order valence-corrected chi connectivity index (χ3v) is 3.33. The van der Waals surface area contributed by atoms with Crippen molar-refractivity contribution in [2.75, 3.05) is 13.1 Å². The zero-order chi connectivity index (χ0) is 10.2. The Morgan fingerprint density at radius 1 is 1.36 bits per heavy atom. The molecule has 0 spiro atoms. The van der Waals surface area contributed by atoms with E-state index < -0.39 is 0 Å². The van der Waals surface area contributed by atoms with Gasteiger partial charge < -0.3 is 5.11 Å². The van der Waals surface area contributed by atoms with Gasteiger partial charge in [-0.25, -0.2) is 4.67 Å². The summed E-state index contributed by atoms with van der Waals surface area (Å²) in [6, 6.07) is 7.38. The maximum atomic E-state index is 9.17. The molecule has 1 aromatic carbocycles. The van der Waals surface area contributed by atoms with Crippen LogP contribution in [-0.4, -0.2) is 22.9 Å². The third kappa shape index (κ3) is 1.54. The first-order chi connectivity index (χ1) is 6.64. The van der Waals surface area contributed by atoms with E-state index in [1.54, 1.807) is 12.1 Å². The van der Waals surface area contributed by atoms with E-state index in [9.17, 15) is 0 Å². The highest BCUT2D eigenvalue weighted by Crippen LogP contribution is 2.37. The lowest BCUT2D eigenvalue weighted by atomic mass is 9.77. The van der Waals surface area contributed by atoms with E-state index >= 15 is 0 Å². The van der Waals surface area contributed by atoms with Crippen molar-refractivity contribution in [2.45, 2.75) is 12.3 Å². The summed E-state index contributed by atoms with van der Waals surface area (Å²) in [7, 11) is 0.604. The summed E-state index contributed by atoms with van der Waals surface area (Å²) < 4.78 is 2.06. The van der Waals surface area contributed by atoms with Crippen molar-refractivity contribution >= 4 is 8.52 Å². The van der Waals surface area contributed by atoms with E-state index in [4.69, 9.17) is 10.3 Å². The van der Waals surface area contributed by atoms with Crippen LogP contribution in [0.3, 0.4) is 0 Å². The van der Waals surface area contributed by atoms with Gasteiger partial charge >= 0.3 is 0 Å². The number of benzene rings is 1. The topological polar surface area (TPSA) is 47.3 Å². The number of phenolic OH excluding ortho intramolecular Hbond substituents is 1. The monoisotopic (exact) mass is 208 g/mol. The fourth-order valence-corrected chi connectivity index (χ4v) is 2.64. The molecule has 0 aromatic heterocycles. The summed E-state index contributed by atoms with van der Waals surface area (Å²) in [6.07, 6.45) is 0. The second kappa shape index (κ2) is 3.34. The lowest BCUT2D eigenvalue weighted by Crippen LogP contribution is -2.52. The smallest absolute Gasteiger partial charge is 0.115 e. The van der Waals surface area contributed by atoms with Gasteiger partial charge in [-0.2, -0.15) is 0 Å². The van der Waals surface area contributed by atoms with Crippen LogP contribution in [0.4, 0.5) is 0 Å². The van der Waals surface area contributed by atoms with Crippen LogP contribution in [0.15, 0.2) is 24.3 Å². The first-order valence-electron chi connectivity index (χ1n) is 4.56. The molecule has 14 heavy (non-hydrogen) atoms. The van der Waals surface area contributed by atoms with Crippen LogP contribution in [-0.2, 0) is 5.41 Å². The Morgan fingerprint density at radius 3 is 2.43 bits per heavy atom. The number of aromatic hydroxyl groups is 1. The molecule has 1 fully saturated rings. The molecule has 74 valence electrons. The van der Waals surface area contributed by atoms with Crippen molar-refractivity contribution in [3.8, 4) is 5.75 Å². The van der Waals surface area contributed by atoms with Gasteiger partial charge in [0, 0.05) is 18.5 Å². The van der Waals surface area contributed by atoms with Crippen LogP contribution in [0.2, 0.25) is 0 Å². The number of nitrogens with one attached hydrogen (secondary N) is 1. The maximum Gasteiger partial charge on any atom is 0.115 e. The van der Waals surface area contributed by atoms with Crippen LogP contribution in [0.1, 0.15) is 12.5 Å². The first kappa shape index (κ1) is 9.63. The second-order valence-electron chi connectivity index (χ2n) is 4.03. The van der Waals surface area contributed by atoms with E-state index in [-0.39, 0.29) is 5.41 Å². The standard InChI is InChI=1S/C10H13N2OP/c1-10(6-12(7-10)14-11)8-2-4-9(13)5-3-8/h2-5,11,13H,6-7H2,1H3. The fraction of sp³-hybridized carbons (Fsp3) is 0.400. The van der Waals surface area contributed by atoms with Crippen LogP contribution >= 0.6 is 8.52 Å². The predicted molar refractivity (Wildman–Crippen MR) is 56.7 cm³/mol. The Kier molecular flexibility index (Phi) is 2.30. The molecular formula is C10H13N2OP. The van der Waals surface area contributed by atoms with Crippen LogP contribution in [0.5, 0.6) is 5.75 Å². The van der Waals surface area contributed by atoms with E-state index in [0.717, 1.165) is 13.1 Å². The lowest BCUT2D eigenvalue weighted by molar-refractivity contribution is 0.183. The quantitative estimate of drug-likeness (QED) is 0.734. The molecule has 0 saturated carbocycles. The number of hydrogen-bond acceptors (Lipinski definition) is 2. The molecule has 0 radical (unpaired) electrons. The van der Waals surface area contributed by atoms with Crippen molar-refractivity contribution in [1.29, 1.82) is 5.16 Å². The highest BCUT2D eigenvalue weighted by molar-refractivity contribution is 7.22. The maximum absolute atomic E-state index is 9.17. The first-order valence-corrected chi connectivity index (χ1v) is 5.41. The minimum Gasteiger partial charge on any atom is -0.508 e. The zero-order valence-corrected chi connectivity index (χ0v) is 8.96. The van der Waals surface area contributed by atoms with Crippen LogP contribution < -0.4 is 0 Å². The molecule has 0 unspecified atom stereocenters. The van der Waals surface area contributed by atoms with Gasteiger partial charge in [0.2, 0.25) is 0 Å². The van der Waals surface area contributed by atoms with Gasteiger partial charge in [0.15, 0.2) is 0 Å². The molecular weight excluding hydrogens is 195 g/mol. The number of phenols is 1. The van der Waals surface area contributed by atoms with E-state index in [0.29, 0.717) is 14.3 Å². The second-order valence-corrected chi connectivity index (χ2v) is 4.80. The van der Waals surface area contributed by atoms with E-state index in [2.05, 4.69) is 11.6 Å². The summed E-state index contributed by atoms with van der Waals surface area (Å²) in [5, 5.41) is 16.4. The van der Waals surface area contributed by atoms with Gasteiger partial charge in [0.1, 0.15) is 5.75 Å². The minimum absolute atomic E-state index is 0.168. The molecule has 1 aliphatic rings. The van der Waals surface area contributed by atoms with Gasteiger partial charge in [-0.05, 0) is 17.7 Å². The van der Waals surface area contributed by atoms with Crippen molar-refractivity contribution in [2.24, 2.45) is 0 Å². The number of nitrogens with zero attached hydrogens (tertiary/aromatic N) is 1. The largest absolute Gasteiger partial charge is 0.508 e. The summed E-state index contributed by atoms with van der Waals surface area (Å²) in [5.41, 5.74) is 1.41. The van der Waals surface area contributed by atoms with Crippen molar-refractivity contribution in [3.63, 3.8) is 0 Å². The minimum atomic E-state index is 0.168. The van der Waals surface area contributed by atoms with Crippen molar-refractivity contribution < 1.29 is 5.11 Å². The molecule has 1 aliphatic heterocycles. The fourth-order valence-electron chi connectivity index (χ4n) is 1.88. The van der Waals surface area contributed by atoms with Gasteiger partial charge in [-0.3, -0.25) is 5.16 Å².